The van der Waals surface area contributed by atoms with Crippen LogP contribution in [0.4, 0.5) is 5.69 Å². The van der Waals surface area contributed by atoms with Crippen LogP contribution in [-0.2, 0) is 4.79 Å². The summed E-state index contributed by atoms with van der Waals surface area (Å²) in [5, 5.41) is 3.66. The molecule has 1 unspecified atom stereocenters. The number of anilines is 1. The van der Waals surface area contributed by atoms with Crippen LogP contribution in [0.3, 0.4) is 0 Å². The number of rotatable bonds is 3. The maximum Gasteiger partial charge on any atom is 0.240 e. The Labute approximate surface area is 113 Å². The highest BCUT2D eigenvalue weighted by atomic mass is 79.9. The van der Waals surface area contributed by atoms with Gasteiger partial charge < -0.3 is 5.32 Å². The molecule has 5 heteroatoms. The van der Waals surface area contributed by atoms with Crippen molar-refractivity contribution >= 4 is 50.7 Å². The van der Waals surface area contributed by atoms with Crippen LogP contribution in [0.25, 0.3) is 0 Å². The van der Waals surface area contributed by atoms with E-state index in [0.717, 1.165) is 0 Å². The number of benzene rings is 1. The zero-order chi connectivity index (χ0) is 12.3. The van der Waals surface area contributed by atoms with E-state index >= 15 is 0 Å². The summed E-state index contributed by atoms with van der Waals surface area (Å²) in [6.45, 7) is 3.75. The fraction of sp³-hybridized carbons (Fsp3) is 0.364. The fourth-order valence-electron chi connectivity index (χ4n) is 0.996. The van der Waals surface area contributed by atoms with Gasteiger partial charge in [-0.3, -0.25) is 4.79 Å². The first-order valence-corrected chi connectivity index (χ1v) is 6.37. The Morgan fingerprint density at radius 3 is 2.56 bits per heavy atom. The Kier molecular flexibility index (Phi) is 4.65. The van der Waals surface area contributed by atoms with Crippen molar-refractivity contribution in [2.75, 3.05) is 5.32 Å². The molecule has 1 N–H and O–H groups in total. The quantitative estimate of drug-likeness (QED) is 0.815. The zero-order valence-electron chi connectivity index (χ0n) is 8.98. The lowest BCUT2D eigenvalue weighted by Crippen LogP contribution is -2.33. The molecule has 1 rings (SSSR count). The minimum Gasteiger partial charge on any atom is -0.325 e. The highest BCUT2D eigenvalue weighted by Gasteiger charge is 2.27. The van der Waals surface area contributed by atoms with Gasteiger partial charge in [-0.25, -0.2) is 0 Å². The van der Waals surface area contributed by atoms with E-state index in [0.29, 0.717) is 22.2 Å². The van der Waals surface area contributed by atoms with Gasteiger partial charge in [-0.2, -0.15) is 0 Å². The monoisotopic (exact) mass is 323 g/mol. The van der Waals surface area contributed by atoms with Gasteiger partial charge in [0.25, 0.3) is 0 Å². The number of nitrogens with one attached hydrogen (secondary N) is 1. The summed E-state index contributed by atoms with van der Waals surface area (Å²) in [5.41, 5.74) is 0.638. The third-order valence-corrected chi connectivity index (χ3v) is 3.97. The molecule has 0 bridgehead atoms. The number of hydrogen-bond acceptors (Lipinski definition) is 1. The molecule has 1 aromatic carbocycles. The molecule has 1 atom stereocenters. The maximum absolute atomic E-state index is 11.8. The molecule has 0 radical (unpaired) electrons. The van der Waals surface area contributed by atoms with Gasteiger partial charge in [-0.05, 0) is 31.5 Å². The molecule has 1 amide bonds. The predicted molar refractivity (Wildman–Crippen MR) is 72.7 cm³/mol. The lowest BCUT2D eigenvalue weighted by molar-refractivity contribution is -0.117. The summed E-state index contributed by atoms with van der Waals surface area (Å²) in [6, 6.07) is 4.99. The Morgan fingerprint density at radius 2 is 2.06 bits per heavy atom. The van der Waals surface area contributed by atoms with E-state index in [2.05, 4.69) is 21.2 Å². The average Bonchev–Trinajstić information content (AvgIpc) is 2.23. The first kappa shape index (κ1) is 13.8. The summed E-state index contributed by atoms with van der Waals surface area (Å²) < 4.78 is -0.570. The Morgan fingerprint density at radius 1 is 1.44 bits per heavy atom. The minimum absolute atomic E-state index is 0.103. The van der Waals surface area contributed by atoms with E-state index in [1.807, 2.05) is 13.8 Å². The fourth-order valence-corrected chi connectivity index (χ4v) is 1.39. The van der Waals surface area contributed by atoms with Crippen molar-refractivity contribution in [1.29, 1.82) is 0 Å². The van der Waals surface area contributed by atoms with Gasteiger partial charge in [0.2, 0.25) is 5.91 Å². The molecule has 0 heterocycles. The number of amides is 1. The molecule has 0 saturated carbocycles. The minimum atomic E-state index is -0.570. The predicted octanol–water partition coefficient (Wildman–Crippen LogP) is 4.50. The zero-order valence-corrected chi connectivity index (χ0v) is 12.1. The first-order valence-electron chi connectivity index (χ1n) is 4.82. The number of carbonyl (C=O) groups excluding carboxylic acids is 1. The van der Waals surface area contributed by atoms with Crippen LogP contribution in [0.1, 0.15) is 20.3 Å². The van der Waals surface area contributed by atoms with Crippen LogP contribution in [0.5, 0.6) is 0 Å². The smallest absolute Gasteiger partial charge is 0.240 e. The molecule has 2 nitrogen and oxygen atoms in total. The van der Waals surface area contributed by atoms with E-state index in [-0.39, 0.29) is 5.91 Å². The SMILES string of the molecule is CCC(C)(Br)C(=O)Nc1ccc(Cl)c(Cl)c1. The van der Waals surface area contributed by atoms with E-state index in [1.165, 1.54) is 0 Å². The number of halogens is 3. The molecule has 16 heavy (non-hydrogen) atoms. The highest BCUT2D eigenvalue weighted by Crippen LogP contribution is 2.27. The van der Waals surface area contributed by atoms with Crippen molar-refractivity contribution in [2.45, 2.75) is 24.6 Å². The van der Waals surface area contributed by atoms with Gasteiger partial charge in [0.15, 0.2) is 0 Å². The standard InChI is InChI=1S/C11H12BrCl2NO/c1-3-11(2,12)10(16)15-7-4-5-8(13)9(14)6-7/h4-6H,3H2,1-2H3,(H,15,16). The first-order chi connectivity index (χ1) is 7.36. The highest BCUT2D eigenvalue weighted by molar-refractivity contribution is 9.10. The van der Waals surface area contributed by atoms with Crippen LogP contribution in [0.2, 0.25) is 10.0 Å². The topological polar surface area (TPSA) is 29.1 Å². The van der Waals surface area contributed by atoms with Crippen LogP contribution >= 0.6 is 39.1 Å². The van der Waals surface area contributed by atoms with Crippen molar-refractivity contribution in [3.63, 3.8) is 0 Å². The molecule has 0 aliphatic carbocycles. The second-order valence-corrected chi connectivity index (χ2v) is 6.20. The lowest BCUT2D eigenvalue weighted by Gasteiger charge is -2.19. The van der Waals surface area contributed by atoms with Crippen LogP contribution in [0, 0.1) is 0 Å². The third-order valence-electron chi connectivity index (χ3n) is 2.31. The Bertz CT molecular complexity index is 407. The molecule has 0 spiro atoms. The van der Waals surface area contributed by atoms with E-state index < -0.39 is 4.32 Å². The van der Waals surface area contributed by atoms with Gasteiger partial charge in [0, 0.05) is 5.69 Å². The van der Waals surface area contributed by atoms with Crippen LogP contribution in [-0.4, -0.2) is 10.2 Å². The average molecular weight is 325 g/mol. The number of hydrogen-bond donors (Lipinski definition) is 1. The normalized spacial score (nSPS) is 14.3. The van der Waals surface area contributed by atoms with Crippen molar-refractivity contribution in [3.8, 4) is 0 Å². The Balaban J connectivity index is 2.82. The van der Waals surface area contributed by atoms with E-state index in [1.54, 1.807) is 18.2 Å². The number of carbonyl (C=O) groups is 1. The van der Waals surface area contributed by atoms with Crippen molar-refractivity contribution < 1.29 is 4.79 Å². The van der Waals surface area contributed by atoms with Gasteiger partial charge >= 0.3 is 0 Å². The van der Waals surface area contributed by atoms with E-state index in [9.17, 15) is 4.79 Å². The molecule has 1 aromatic rings. The lowest BCUT2D eigenvalue weighted by atomic mass is 10.1. The van der Waals surface area contributed by atoms with Crippen LogP contribution < -0.4 is 5.32 Å². The molecule has 0 fully saturated rings. The van der Waals surface area contributed by atoms with Crippen molar-refractivity contribution in [2.24, 2.45) is 0 Å². The van der Waals surface area contributed by atoms with Gasteiger partial charge in [-0.15, -0.1) is 0 Å². The second kappa shape index (κ2) is 5.39. The summed E-state index contributed by atoms with van der Waals surface area (Å²) in [6.07, 6.45) is 0.695. The molecule has 0 saturated heterocycles. The molecule has 0 aliphatic rings. The molecule has 88 valence electrons. The summed E-state index contributed by atoms with van der Waals surface area (Å²) >= 11 is 15.0. The molecule has 0 aromatic heterocycles. The van der Waals surface area contributed by atoms with Crippen molar-refractivity contribution in [3.05, 3.63) is 28.2 Å². The van der Waals surface area contributed by atoms with Crippen LogP contribution in [0.15, 0.2) is 18.2 Å². The third kappa shape index (κ3) is 3.37. The largest absolute Gasteiger partial charge is 0.325 e. The van der Waals surface area contributed by atoms with Gasteiger partial charge in [0.05, 0.1) is 10.0 Å². The van der Waals surface area contributed by atoms with Gasteiger partial charge in [0.1, 0.15) is 4.32 Å². The number of alkyl halides is 1. The molecular formula is C11H12BrCl2NO. The maximum atomic E-state index is 11.8. The van der Waals surface area contributed by atoms with E-state index in [4.69, 9.17) is 23.2 Å². The summed E-state index contributed by atoms with van der Waals surface area (Å²) in [5.74, 6) is -0.103. The molecular weight excluding hydrogens is 313 g/mol. The van der Waals surface area contributed by atoms with Crippen molar-refractivity contribution in [1.82, 2.24) is 0 Å². The Hall–Kier alpha value is -0.250. The summed E-state index contributed by atoms with van der Waals surface area (Å²) in [4.78, 5) is 11.8. The van der Waals surface area contributed by atoms with Gasteiger partial charge in [-0.1, -0.05) is 46.1 Å². The summed E-state index contributed by atoms with van der Waals surface area (Å²) in [7, 11) is 0. The molecule has 0 aliphatic heterocycles. The second-order valence-electron chi connectivity index (χ2n) is 3.63.